The highest BCUT2D eigenvalue weighted by molar-refractivity contribution is 7.92. The molecule has 0 saturated heterocycles. The Kier molecular flexibility index (Phi) is 8.30. The molecule has 0 aliphatic carbocycles. The average molecular weight is 583 g/mol. The van der Waals surface area contributed by atoms with E-state index in [1.165, 1.54) is 48.7 Å². The van der Waals surface area contributed by atoms with Gasteiger partial charge in [0.2, 0.25) is 11.9 Å². The van der Waals surface area contributed by atoms with Gasteiger partial charge >= 0.3 is 0 Å². The summed E-state index contributed by atoms with van der Waals surface area (Å²) in [5.41, 5.74) is 1.76. The van der Waals surface area contributed by atoms with Crippen LogP contribution >= 0.6 is 23.2 Å². The minimum atomic E-state index is -4.03. The number of methoxy groups -OCH3 is 1. The van der Waals surface area contributed by atoms with E-state index in [1.807, 2.05) is 0 Å². The summed E-state index contributed by atoms with van der Waals surface area (Å²) in [7, 11) is -2.60. The Bertz CT molecular complexity index is 1680. The van der Waals surface area contributed by atoms with Gasteiger partial charge in [-0.2, -0.15) is 5.26 Å². The number of nitriles is 1. The largest absolute Gasteiger partial charge is 0.495 e. The zero-order valence-corrected chi connectivity index (χ0v) is 22.9. The summed E-state index contributed by atoms with van der Waals surface area (Å²) in [6, 6.07) is 14.3. The van der Waals surface area contributed by atoms with Crippen LogP contribution in [0, 0.1) is 11.3 Å². The zero-order valence-electron chi connectivity index (χ0n) is 20.6. The van der Waals surface area contributed by atoms with Crippen LogP contribution in [-0.2, 0) is 14.8 Å². The summed E-state index contributed by atoms with van der Waals surface area (Å²) in [5.74, 6) is 0.000423. The van der Waals surface area contributed by atoms with Gasteiger partial charge < -0.3 is 4.74 Å². The normalized spacial score (nSPS) is 10.9. The quantitative estimate of drug-likeness (QED) is 0.283. The van der Waals surface area contributed by atoms with Gasteiger partial charge in [-0.05, 0) is 54.1 Å². The van der Waals surface area contributed by atoms with Gasteiger partial charge in [-0.25, -0.2) is 28.1 Å². The van der Waals surface area contributed by atoms with Crippen molar-refractivity contribution in [3.8, 4) is 22.9 Å². The summed E-state index contributed by atoms with van der Waals surface area (Å²) in [5, 5.41) is 9.93. The number of pyridine rings is 1. The van der Waals surface area contributed by atoms with E-state index < -0.39 is 10.0 Å². The summed E-state index contributed by atoms with van der Waals surface area (Å²) in [6.45, 7) is 1.68. The Balaban J connectivity index is 1.75. The number of benzene rings is 2. The van der Waals surface area contributed by atoms with E-state index >= 15 is 0 Å². The molecule has 13 heteroatoms. The van der Waals surface area contributed by atoms with Crippen LogP contribution in [0.25, 0.3) is 11.1 Å². The second-order valence-corrected chi connectivity index (χ2v) is 10.5. The smallest absolute Gasteiger partial charge is 0.265 e. The first-order chi connectivity index (χ1) is 18.7. The van der Waals surface area contributed by atoms with Gasteiger partial charge in [0.05, 0.1) is 29.5 Å². The fourth-order valence-electron chi connectivity index (χ4n) is 3.65. The lowest BCUT2D eigenvalue weighted by molar-refractivity contribution is -0.117. The number of aromatic nitrogens is 3. The van der Waals surface area contributed by atoms with Crippen molar-refractivity contribution in [1.82, 2.24) is 15.0 Å². The van der Waals surface area contributed by atoms with Crippen molar-refractivity contribution in [2.45, 2.75) is 18.2 Å². The van der Waals surface area contributed by atoms with Crippen molar-refractivity contribution in [2.75, 3.05) is 16.7 Å². The maximum Gasteiger partial charge on any atom is 0.265 e. The first-order valence-electron chi connectivity index (χ1n) is 11.3. The second-order valence-electron chi connectivity index (χ2n) is 7.96. The number of nitrogens with one attached hydrogen (secondary N) is 1. The van der Waals surface area contributed by atoms with Crippen LogP contribution in [0.2, 0.25) is 10.0 Å². The molecule has 39 heavy (non-hydrogen) atoms. The van der Waals surface area contributed by atoms with Crippen LogP contribution in [0.3, 0.4) is 0 Å². The Morgan fingerprint density at radius 2 is 1.85 bits per heavy atom. The van der Waals surface area contributed by atoms with Gasteiger partial charge in [-0.15, -0.1) is 0 Å². The highest BCUT2D eigenvalue weighted by Crippen LogP contribution is 2.42. The number of carbonyl (C=O) groups excluding carboxylic acids is 1. The number of hydrogen-bond acceptors (Lipinski definition) is 8. The molecule has 10 nitrogen and oxygen atoms in total. The summed E-state index contributed by atoms with van der Waals surface area (Å²) < 4.78 is 33.4. The number of halogens is 2. The molecule has 0 aliphatic heterocycles. The SMILES string of the molecule is CCC(=O)N(c1ccc(S(=O)(=O)Nc2ncccn2)cn1)c1cc(Cl)c(-c2cc(Cl)cc(C#N)c2)cc1OC. The van der Waals surface area contributed by atoms with Crippen molar-refractivity contribution in [2.24, 2.45) is 0 Å². The number of hydrogen-bond donors (Lipinski definition) is 1. The van der Waals surface area contributed by atoms with E-state index in [-0.39, 0.29) is 39.8 Å². The molecule has 0 aliphatic rings. The van der Waals surface area contributed by atoms with Crippen LogP contribution in [0.4, 0.5) is 17.5 Å². The second kappa shape index (κ2) is 11.7. The van der Waals surface area contributed by atoms with Crippen LogP contribution in [0.1, 0.15) is 18.9 Å². The Morgan fingerprint density at radius 3 is 2.46 bits per heavy atom. The third-order valence-electron chi connectivity index (χ3n) is 5.45. The number of anilines is 3. The van der Waals surface area contributed by atoms with Gasteiger partial charge in [0.1, 0.15) is 16.5 Å². The van der Waals surface area contributed by atoms with Gasteiger partial charge in [0.25, 0.3) is 10.0 Å². The number of sulfonamides is 1. The molecule has 4 rings (SSSR count). The molecule has 198 valence electrons. The molecule has 2 heterocycles. The highest BCUT2D eigenvalue weighted by Gasteiger charge is 2.25. The topological polar surface area (TPSA) is 138 Å². The fourth-order valence-corrected chi connectivity index (χ4v) is 5.05. The number of nitrogens with zero attached hydrogens (tertiary/aromatic N) is 5. The number of rotatable bonds is 8. The molecule has 2 aromatic carbocycles. The lowest BCUT2D eigenvalue weighted by Crippen LogP contribution is -2.26. The van der Waals surface area contributed by atoms with Crippen molar-refractivity contribution in [3.63, 3.8) is 0 Å². The minimum absolute atomic E-state index is 0.0922. The number of ether oxygens (including phenoxy) is 1. The van der Waals surface area contributed by atoms with Crippen molar-refractivity contribution >= 4 is 56.6 Å². The van der Waals surface area contributed by atoms with Crippen molar-refractivity contribution in [1.29, 1.82) is 5.26 Å². The third-order valence-corrected chi connectivity index (χ3v) is 7.30. The molecular weight excluding hydrogens is 563 g/mol. The molecule has 0 atom stereocenters. The van der Waals surface area contributed by atoms with Crippen molar-refractivity contribution in [3.05, 3.63) is 82.7 Å². The zero-order chi connectivity index (χ0) is 28.2. The van der Waals surface area contributed by atoms with E-state index in [2.05, 4.69) is 25.7 Å². The molecule has 0 saturated carbocycles. The molecule has 4 aromatic rings. The molecular formula is C26H20Cl2N6O4S. The standard InChI is InChI=1S/C26H20Cl2N6O4S/c1-3-25(35)34(24-6-5-19(15-32-24)39(36,37)33-26-30-7-4-8-31-26)22-13-21(28)20(12-23(22)38-2)17-9-16(14-29)10-18(27)11-17/h4-13,15H,3H2,1-2H3,(H,30,31,33). The van der Waals surface area contributed by atoms with E-state index in [9.17, 15) is 18.5 Å². The Hall–Kier alpha value is -4.24. The summed E-state index contributed by atoms with van der Waals surface area (Å²) in [4.78, 5) is 26.2. The molecule has 1 N–H and O–H groups in total. The molecule has 0 bridgehead atoms. The van der Waals surface area contributed by atoms with Crippen LogP contribution in [-0.4, -0.2) is 36.4 Å². The fraction of sp³-hybridized carbons (Fsp3) is 0.115. The monoisotopic (exact) mass is 582 g/mol. The molecule has 1 amide bonds. The lowest BCUT2D eigenvalue weighted by atomic mass is 10.0. The minimum Gasteiger partial charge on any atom is -0.495 e. The Labute approximate surface area is 234 Å². The van der Waals surface area contributed by atoms with Gasteiger partial charge in [-0.1, -0.05) is 30.1 Å². The van der Waals surface area contributed by atoms with Gasteiger partial charge in [0.15, 0.2) is 0 Å². The number of carbonyl (C=O) groups is 1. The molecule has 0 fully saturated rings. The predicted octanol–water partition coefficient (Wildman–Crippen LogP) is 5.60. The van der Waals surface area contributed by atoms with Crippen molar-refractivity contribution < 1.29 is 17.9 Å². The van der Waals surface area contributed by atoms with E-state index in [0.717, 1.165) is 6.20 Å². The summed E-state index contributed by atoms with van der Waals surface area (Å²) >= 11 is 12.8. The van der Waals surface area contributed by atoms with Crippen LogP contribution < -0.4 is 14.4 Å². The van der Waals surface area contributed by atoms with E-state index in [4.69, 9.17) is 27.9 Å². The third kappa shape index (κ3) is 6.09. The van der Waals surface area contributed by atoms with E-state index in [0.29, 0.717) is 27.4 Å². The maximum atomic E-state index is 13.1. The molecule has 2 aromatic heterocycles. The van der Waals surface area contributed by atoms with Crippen LogP contribution in [0.5, 0.6) is 5.75 Å². The predicted molar refractivity (Wildman–Crippen MR) is 148 cm³/mol. The average Bonchev–Trinajstić information content (AvgIpc) is 2.93. The lowest BCUT2D eigenvalue weighted by Gasteiger charge is -2.24. The van der Waals surface area contributed by atoms with E-state index in [1.54, 1.807) is 31.2 Å². The van der Waals surface area contributed by atoms with Crippen LogP contribution in [0.15, 0.2) is 72.0 Å². The Morgan fingerprint density at radius 1 is 1.10 bits per heavy atom. The van der Waals surface area contributed by atoms with Gasteiger partial charge in [-0.3, -0.25) is 9.69 Å². The number of amides is 1. The summed E-state index contributed by atoms with van der Waals surface area (Å²) in [6.07, 6.45) is 4.03. The molecule has 0 spiro atoms. The highest BCUT2D eigenvalue weighted by atomic mass is 35.5. The molecule has 0 radical (unpaired) electrons. The first-order valence-corrected chi connectivity index (χ1v) is 13.6. The molecule has 0 unspecified atom stereocenters. The maximum absolute atomic E-state index is 13.1. The first kappa shape index (κ1) is 27.8. The van der Waals surface area contributed by atoms with Gasteiger partial charge in [0, 0.05) is 35.6 Å².